The molecular formula is C25H24N6O. The maximum Gasteiger partial charge on any atom is 0.255 e. The molecule has 7 nitrogen and oxygen atoms in total. The van der Waals surface area contributed by atoms with E-state index in [1.165, 1.54) is 0 Å². The molecular weight excluding hydrogens is 400 g/mol. The molecule has 1 N–H and O–H groups in total. The third-order valence-corrected chi connectivity index (χ3v) is 6.55. The summed E-state index contributed by atoms with van der Waals surface area (Å²) in [6.45, 7) is 4.35. The molecule has 0 radical (unpaired) electrons. The molecule has 3 heterocycles. The zero-order chi connectivity index (χ0) is 22.1. The van der Waals surface area contributed by atoms with Crippen LogP contribution in [0, 0.1) is 24.2 Å². The molecule has 2 saturated heterocycles. The van der Waals surface area contributed by atoms with Crippen LogP contribution in [0.2, 0.25) is 0 Å². The lowest BCUT2D eigenvalue weighted by molar-refractivity contribution is -0.0354. The molecule has 0 saturated carbocycles. The van der Waals surface area contributed by atoms with E-state index in [1.807, 2.05) is 23.5 Å². The minimum absolute atomic E-state index is 0.0694. The van der Waals surface area contributed by atoms with E-state index in [2.05, 4.69) is 46.4 Å². The van der Waals surface area contributed by atoms with Crippen LogP contribution in [0.4, 0.5) is 0 Å². The van der Waals surface area contributed by atoms with E-state index in [4.69, 9.17) is 5.10 Å². The molecule has 7 heteroatoms. The molecule has 2 aromatic carbocycles. The van der Waals surface area contributed by atoms with Crippen molar-refractivity contribution in [3.8, 4) is 17.2 Å². The molecule has 2 atom stereocenters. The average molecular weight is 425 g/mol. The summed E-state index contributed by atoms with van der Waals surface area (Å²) in [5.41, 5.74) is 5.27. The van der Waals surface area contributed by atoms with Crippen LogP contribution in [0.25, 0.3) is 11.1 Å². The standard InChI is InChI=1S/C25H24N6O/c1-17-6-7-18(22-12-27-28-13-22)10-21(17)14-29-31-15-20-8-9-30(16-24(20)31)25(32)23-5-3-2-4-19(23)11-26/h2-7,10,12-14,20,24H,8-9,15-16H2,1H3,(H,27,28)/b29-14-. The SMILES string of the molecule is Cc1ccc(-c2cn[nH]c2)cc1/C=N\N1CC2CCN(C(=O)c3ccccc3C#N)CC21. The van der Waals surface area contributed by atoms with E-state index in [1.54, 1.807) is 24.3 Å². The number of aromatic amines is 1. The van der Waals surface area contributed by atoms with E-state index in [9.17, 15) is 10.1 Å². The summed E-state index contributed by atoms with van der Waals surface area (Å²) in [5.74, 6) is 0.487. The molecule has 32 heavy (non-hydrogen) atoms. The van der Waals surface area contributed by atoms with Crippen LogP contribution >= 0.6 is 0 Å². The number of hydrogen-bond donors (Lipinski definition) is 1. The van der Waals surface area contributed by atoms with Gasteiger partial charge in [0.25, 0.3) is 5.91 Å². The molecule has 2 aliphatic rings. The number of hydrazone groups is 1. The first-order chi connectivity index (χ1) is 15.6. The Morgan fingerprint density at radius 3 is 2.94 bits per heavy atom. The van der Waals surface area contributed by atoms with Gasteiger partial charge in [0.1, 0.15) is 0 Å². The molecule has 3 aromatic rings. The number of nitrogens with zero attached hydrogens (tertiary/aromatic N) is 5. The van der Waals surface area contributed by atoms with Gasteiger partial charge in [-0.3, -0.25) is 14.9 Å². The highest BCUT2D eigenvalue weighted by molar-refractivity contribution is 5.96. The maximum absolute atomic E-state index is 13.0. The van der Waals surface area contributed by atoms with Crippen LogP contribution in [0.3, 0.4) is 0 Å². The smallest absolute Gasteiger partial charge is 0.255 e. The molecule has 1 aromatic heterocycles. The van der Waals surface area contributed by atoms with Gasteiger partial charge < -0.3 is 4.90 Å². The molecule has 0 spiro atoms. The summed E-state index contributed by atoms with van der Waals surface area (Å²) < 4.78 is 0. The molecule has 5 rings (SSSR count). The minimum atomic E-state index is -0.0694. The first kappa shape index (κ1) is 20.0. The number of likely N-dealkylation sites (tertiary alicyclic amines) is 1. The number of carbonyl (C=O) groups is 1. The third kappa shape index (κ3) is 3.65. The predicted molar refractivity (Wildman–Crippen MR) is 122 cm³/mol. The second kappa shape index (κ2) is 8.31. The molecule has 0 aliphatic carbocycles. The van der Waals surface area contributed by atoms with Crippen molar-refractivity contribution in [2.75, 3.05) is 19.6 Å². The van der Waals surface area contributed by atoms with E-state index in [0.29, 0.717) is 23.6 Å². The Kier molecular flexibility index (Phi) is 5.20. The molecule has 2 fully saturated rings. The van der Waals surface area contributed by atoms with Crippen LogP contribution in [0.1, 0.15) is 33.5 Å². The van der Waals surface area contributed by atoms with Gasteiger partial charge in [-0.2, -0.15) is 15.5 Å². The number of aromatic nitrogens is 2. The Bertz CT molecular complexity index is 1210. The van der Waals surface area contributed by atoms with E-state index < -0.39 is 0 Å². The number of aryl methyl sites for hydroxylation is 1. The number of H-pyrrole nitrogens is 1. The lowest BCUT2D eigenvalue weighted by Crippen LogP contribution is -2.62. The lowest BCUT2D eigenvalue weighted by Gasteiger charge is -2.51. The zero-order valence-electron chi connectivity index (χ0n) is 17.9. The summed E-state index contributed by atoms with van der Waals surface area (Å²) in [6, 6.07) is 15.7. The number of hydrogen-bond acceptors (Lipinski definition) is 5. The van der Waals surface area contributed by atoms with Crippen molar-refractivity contribution in [2.24, 2.45) is 11.0 Å². The van der Waals surface area contributed by atoms with Gasteiger partial charge in [-0.25, -0.2) is 0 Å². The molecule has 160 valence electrons. The summed E-state index contributed by atoms with van der Waals surface area (Å²) in [4.78, 5) is 14.9. The van der Waals surface area contributed by atoms with Gasteiger partial charge in [0, 0.05) is 37.3 Å². The highest BCUT2D eigenvalue weighted by atomic mass is 16.2. The first-order valence-electron chi connectivity index (χ1n) is 10.8. The Morgan fingerprint density at radius 1 is 1.25 bits per heavy atom. The summed E-state index contributed by atoms with van der Waals surface area (Å²) in [7, 11) is 0. The van der Waals surface area contributed by atoms with Crippen molar-refractivity contribution in [3.05, 3.63) is 77.1 Å². The van der Waals surface area contributed by atoms with Gasteiger partial charge in [-0.1, -0.05) is 24.3 Å². The number of nitrogens with one attached hydrogen (secondary N) is 1. The van der Waals surface area contributed by atoms with Gasteiger partial charge >= 0.3 is 0 Å². The third-order valence-electron chi connectivity index (χ3n) is 6.55. The number of benzene rings is 2. The number of rotatable bonds is 4. The quantitative estimate of drug-likeness (QED) is 0.650. The van der Waals surface area contributed by atoms with Crippen molar-refractivity contribution in [3.63, 3.8) is 0 Å². The van der Waals surface area contributed by atoms with E-state index >= 15 is 0 Å². The highest BCUT2D eigenvalue weighted by Crippen LogP contribution is 2.33. The first-order valence-corrected chi connectivity index (χ1v) is 10.8. The fourth-order valence-electron chi connectivity index (χ4n) is 4.53. The molecule has 2 aliphatic heterocycles. The number of fused-ring (bicyclic) bond motifs is 1. The Hall–Kier alpha value is -3.92. The second-order valence-corrected chi connectivity index (χ2v) is 8.45. The van der Waals surface area contributed by atoms with Crippen molar-refractivity contribution >= 4 is 12.1 Å². The minimum Gasteiger partial charge on any atom is -0.336 e. The summed E-state index contributed by atoms with van der Waals surface area (Å²) >= 11 is 0. The van der Waals surface area contributed by atoms with Crippen molar-refractivity contribution in [1.82, 2.24) is 20.1 Å². The molecule has 0 bridgehead atoms. The summed E-state index contributed by atoms with van der Waals surface area (Å²) in [5, 5.41) is 23.1. The largest absolute Gasteiger partial charge is 0.336 e. The Labute approximate surface area is 187 Å². The van der Waals surface area contributed by atoms with Gasteiger partial charge in [0.2, 0.25) is 0 Å². The lowest BCUT2D eigenvalue weighted by atomic mass is 9.83. The highest BCUT2D eigenvalue weighted by Gasteiger charge is 2.43. The molecule has 1 amide bonds. The monoisotopic (exact) mass is 424 g/mol. The van der Waals surface area contributed by atoms with Crippen molar-refractivity contribution in [2.45, 2.75) is 19.4 Å². The van der Waals surface area contributed by atoms with Crippen LogP contribution < -0.4 is 0 Å². The number of amides is 1. The van der Waals surface area contributed by atoms with Gasteiger partial charge in [-0.05, 0) is 48.2 Å². The predicted octanol–water partition coefficient (Wildman–Crippen LogP) is 3.44. The number of carbonyl (C=O) groups excluding carboxylic acids is 1. The maximum atomic E-state index is 13.0. The topological polar surface area (TPSA) is 88.4 Å². The average Bonchev–Trinajstić information content (AvgIpc) is 3.35. The van der Waals surface area contributed by atoms with E-state index in [-0.39, 0.29) is 11.9 Å². The summed E-state index contributed by atoms with van der Waals surface area (Å²) in [6.07, 6.45) is 6.57. The fourth-order valence-corrected chi connectivity index (χ4v) is 4.53. The van der Waals surface area contributed by atoms with Gasteiger partial charge in [-0.15, -0.1) is 0 Å². The second-order valence-electron chi connectivity index (χ2n) is 8.45. The fraction of sp³-hybridized carbons (Fsp3) is 0.280. The Morgan fingerprint density at radius 2 is 2.12 bits per heavy atom. The van der Waals surface area contributed by atoms with Crippen LogP contribution in [0.5, 0.6) is 0 Å². The van der Waals surface area contributed by atoms with Crippen LogP contribution in [-0.4, -0.2) is 57.9 Å². The van der Waals surface area contributed by atoms with Crippen LogP contribution in [-0.2, 0) is 0 Å². The van der Waals surface area contributed by atoms with Crippen molar-refractivity contribution in [1.29, 1.82) is 5.26 Å². The number of nitriles is 1. The van der Waals surface area contributed by atoms with Gasteiger partial charge in [0.15, 0.2) is 0 Å². The van der Waals surface area contributed by atoms with Crippen LogP contribution in [0.15, 0.2) is 60.0 Å². The molecule has 2 unspecified atom stereocenters. The van der Waals surface area contributed by atoms with E-state index in [0.717, 1.165) is 41.8 Å². The zero-order valence-corrected chi connectivity index (χ0v) is 17.9. The normalized spacial score (nSPS) is 20.0. The van der Waals surface area contributed by atoms with Gasteiger partial charge in [0.05, 0.1) is 35.6 Å². The van der Waals surface area contributed by atoms with Crippen molar-refractivity contribution < 1.29 is 4.79 Å². The number of piperidine rings is 1. The Balaban J connectivity index is 1.30.